The number of esters is 1. The number of halogens is 5. The van der Waals surface area contributed by atoms with E-state index in [0.717, 1.165) is 13.2 Å². The van der Waals surface area contributed by atoms with Crippen molar-refractivity contribution in [3.63, 3.8) is 0 Å². The van der Waals surface area contributed by atoms with Gasteiger partial charge >= 0.3 is 5.97 Å². The number of benzene rings is 1. The molecule has 0 bridgehead atoms. The van der Waals surface area contributed by atoms with Gasteiger partial charge in [-0.2, -0.15) is 8.78 Å². The minimum Gasteiger partial charge on any atom is -0.483 e. The average Bonchev–Trinajstić information content (AvgIpc) is 2.49. The van der Waals surface area contributed by atoms with Gasteiger partial charge in [0.25, 0.3) is 0 Å². The number of hydrogen-bond donors (Lipinski definition) is 0. The number of ether oxygens (including phenoxy) is 2. The van der Waals surface area contributed by atoms with E-state index in [1.165, 1.54) is 0 Å². The summed E-state index contributed by atoms with van der Waals surface area (Å²) < 4.78 is 74.1. The third-order valence-corrected chi connectivity index (χ3v) is 2.56. The number of carbonyl (C=O) groups is 1. The van der Waals surface area contributed by atoms with Crippen LogP contribution in [-0.4, -0.2) is 19.7 Å². The first-order valence-electron chi connectivity index (χ1n) is 5.76. The van der Waals surface area contributed by atoms with E-state index in [9.17, 15) is 26.7 Å². The molecule has 0 saturated carbocycles. The predicted octanol–water partition coefficient (Wildman–Crippen LogP) is 3.27. The van der Waals surface area contributed by atoms with Crippen LogP contribution in [0.1, 0.15) is 13.3 Å². The highest BCUT2D eigenvalue weighted by Crippen LogP contribution is 2.29. The molecule has 0 aliphatic rings. The molecule has 0 N–H and O–H groups in total. The molecule has 0 aliphatic heterocycles. The largest absolute Gasteiger partial charge is 0.483 e. The standard InChI is InChI=1S/C13H11F5O3/c1-3-6(13(19)20-2)4-5-21-12-10(17)8(15)7(14)9(16)11(12)18/h4H,3,5H2,1-2H3. The monoisotopic (exact) mass is 310 g/mol. The van der Waals surface area contributed by atoms with Gasteiger partial charge in [0.1, 0.15) is 6.61 Å². The molecular formula is C13H11F5O3. The van der Waals surface area contributed by atoms with Gasteiger partial charge in [0, 0.05) is 5.57 Å². The second kappa shape index (κ2) is 7.05. The molecule has 0 heterocycles. The van der Waals surface area contributed by atoms with Crippen molar-refractivity contribution >= 4 is 5.97 Å². The molecule has 1 aromatic rings. The Labute approximate surface area is 117 Å². The van der Waals surface area contributed by atoms with Gasteiger partial charge in [0.2, 0.25) is 29.1 Å². The van der Waals surface area contributed by atoms with E-state index >= 15 is 0 Å². The van der Waals surface area contributed by atoms with Gasteiger partial charge < -0.3 is 9.47 Å². The van der Waals surface area contributed by atoms with Crippen LogP contribution in [0, 0.1) is 29.1 Å². The maximum atomic E-state index is 13.3. The fourth-order valence-corrected chi connectivity index (χ4v) is 1.44. The van der Waals surface area contributed by atoms with Crippen LogP contribution in [0.4, 0.5) is 22.0 Å². The lowest BCUT2D eigenvalue weighted by Gasteiger charge is -2.09. The molecule has 3 nitrogen and oxygen atoms in total. The Balaban J connectivity index is 3.00. The van der Waals surface area contributed by atoms with Gasteiger partial charge in [-0.1, -0.05) is 6.92 Å². The number of methoxy groups -OCH3 is 1. The Morgan fingerprint density at radius 1 is 1.00 bits per heavy atom. The zero-order valence-electron chi connectivity index (χ0n) is 11.1. The summed E-state index contributed by atoms with van der Waals surface area (Å²) in [5.41, 5.74) is 0.140. The van der Waals surface area contributed by atoms with E-state index in [0.29, 0.717) is 0 Å². The second-order valence-electron chi connectivity index (χ2n) is 3.78. The molecule has 0 radical (unpaired) electrons. The third-order valence-electron chi connectivity index (χ3n) is 2.56. The van der Waals surface area contributed by atoms with Crippen molar-refractivity contribution in [1.29, 1.82) is 0 Å². The highest BCUT2D eigenvalue weighted by Gasteiger charge is 2.26. The van der Waals surface area contributed by atoms with Gasteiger partial charge in [0.05, 0.1) is 7.11 Å². The van der Waals surface area contributed by atoms with Crippen molar-refractivity contribution in [3.8, 4) is 5.75 Å². The summed E-state index contributed by atoms with van der Waals surface area (Å²) in [6.45, 7) is 1.05. The molecule has 1 rings (SSSR count). The lowest BCUT2D eigenvalue weighted by molar-refractivity contribution is -0.136. The van der Waals surface area contributed by atoms with Gasteiger partial charge in [-0.05, 0) is 12.5 Å². The summed E-state index contributed by atoms with van der Waals surface area (Å²) in [6, 6.07) is 0. The summed E-state index contributed by atoms with van der Waals surface area (Å²) in [6.07, 6.45) is 1.37. The first kappa shape index (κ1) is 16.9. The number of hydrogen-bond acceptors (Lipinski definition) is 3. The minimum absolute atomic E-state index is 0.140. The summed E-state index contributed by atoms with van der Waals surface area (Å²) in [7, 11) is 1.14. The molecule has 116 valence electrons. The molecule has 21 heavy (non-hydrogen) atoms. The summed E-state index contributed by atoms with van der Waals surface area (Å²) in [4.78, 5) is 11.2. The van der Waals surface area contributed by atoms with Crippen molar-refractivity contribution in [2.75, 3.05) is 13.7 Å². The number of rotatable bonds is 5. The van der Waals surface area contributed by atoms with Crippen molar-refractivity contribution in [2.45, 2.75) is 13.3 Å². The van der Waals surface area contributed by atoms with Gasteiger partial charge in [-0.3, -0.25) is 0 Å². The topological polar surface area (TPSA) is 35.5 Å². The van der Waals surface area contributed by atoms with Crippen LogP contribution in [0.15, 0.2) is 11.6 Å². The quantitative estimate of drug-likeness (QED) is 0.275. The fraction of sp³-hybridized carbons (Fsp3) is 0.308. The van der Waals surface area contributed by atoms with E-state index in [2.05, 4.69) is 9.47 Å². The first-order chi connectivity index (χ1) is 9.84. The first-order valence-corrected chi connectivity index (χ1v) is 5.76. The molecule has 0 spiro atoms. The van der Waals surface area contributed by atoms with Crippen molar-refractivity contribution in [2.24, 2.45) is 0 Å². The van der Waals surface area contributed by atoms with Gasteiger partial charge in [-0.25, -0.2) is 18.0 Å². The van der Waals surface area contributed by atoms with Gasteiger partial charge in [0.15, 0.2) is 5.75 Å². The van der Waals surface area contributed by atoms with Crippen LogP contribution in [0.25, 0.3) is 0 Å². The van der Waals surface area contributed by atoms with E-state index in [1.807, 2.05) is 0 Å². The Morgan fingerprint density at radius 2 is 1.48 bits per heavy atom. The molecule has 0 aliphatic carbocycles. The SMILES string of the molecule is CCC(=CCOc1c(F)c(F)c(F)c(F)c1F)C(=O)OC. The molecule has 0 amide bonds. The minimum atomic E-state index is -2.27. The van der Waals surface area contributed by atoms with Crippen molar-refractivity contribution in [3.05, 3.63) is 40.7 Å². The third kappa shape index (κ3) is 3.50. The highest BCUT2D eigenvalue weighted by atomic mass is 19.2. The Hall–Kier alpha value is -2.12. The molecule has 0 saturated heterocycles. The van der Waals surface area contributed by atoms with Crippen LogP contribution in [-0.2, 0) is 9.53 Å². The number of carbonyl (C=O) groups excluding carboxylic acids is 1. The van der Waals surface area contributed by atoms with Crippen LogP contribution >= 0.6 is 0 Å². The molecule has 0 unspecified atom stereocenters. The Morgan fingerprint density at radius 3 is 1.90 bits per heavy atom. The fourth-order valence-electron chi connectivity index (χ4n) is 1.44. The van der Waals surface area contributed by atoms with Crippen LogP contribution in [0.3, 0.4) is 0 Å². The van der Waals surface area contributed by atoms with E-state index in [1.54, 1.807) is 6.92 Å². The summed E-state index contributed by atoms with van der Waals surface area (Å²) in [5, 5.41) is 0. The maximum absolute atomic E-state index is 13.3. The maximum Gasteiger partial charge on any atom is 0.333 e. The summed E-state index contributed by atoms with van der Waals surface area (Å²) in [5.74, 6) is -12.7. The molecule has 1 aromatic carbocycles. The van der Waals surface area contributed by atoms with Crippen LogP contribution < -0.4 is 4.74 Å². The Bertz CT molecular complexity index is 555. The van der Waals surface area contributed by atoms with Crippen molar-refractivity contribution in [1.82, 2.24) is 0 Å². The lowest BCUT2D eigenvalue weighted by Crippen LogP contribution is -2.09. The van der Waals surface area contributed by atoms with E-state index in [-0.39, 0.29) is 12.0 Å². The van der Waals surface area contributed by atoms with Crippen LogP contribution in [0.5, 0.6) is 5.75 Å². The normalized spacial score (nSPS) is 11.5. The molecular weight excluding hydrogens is 299 g/mol. The van der Waals surface area contributed by atoms with Gasteiger partial charge in [-0.15, -0.1) is 0 Å². The second-order valence-corrected chi connectivity index (χ2v) is 3.78. The average molecular weight is 310 g/mol. The summed E-state index contributed by atoms with van der Waals surface area (Å²) >= 11 is 0. The zero-order valence-corrected chi connectivity index (χ0v) is 11.1. The highest BCUT2D eigenvalue weighted by molar-refractivity contribution is 5.88. The van der Waals surface area contributed by atoms with E-state index in [4.69, 9.17) is 0 Å². The molecule has 0 fully saturated rings. The van der Waals surface area contributed by atoms with Crippen LogP contribution in [0.2, 0.25) is 0 Å². The predicted molar refractivity (Wildman–Crippen MR) is 62.1 cm³/mol. The van der Waals surface area contributed by atoms with Crippen molar-refractivity contribution < 1.29 is 36.2 Å². The molecule has 8 heteroatoms. The lowest BCUT2D eigenvalue weighted by atomic mass is 10.2. The Kier molecular flexibility index (Phi) is 5.69. The molecule has 0 atom stereocenters. The van der Waals surface area contributed by atoms with E-state index < -0.39 is 47.4 Å². The zero-order chi connectivity index (χ0) is 16.2. The smallest absolute Gasteiger partial charge is 0.333 e. The molecule has 0 aromatic heterocycles.